The Bertz CT molecular complexity index is 569. The van der Waals surface area contributed by atoms with Crippen LogP contribution in [0.2, 0.25) is 0 Å². The maximum absolute atomic E-state index is 5.91. The zero-order valence-electron chi connectivity index (χ0n) is 13.3. The van der Waals surface area contributed by atoms with Gasteiger partial charge in [0, 0.05) is 44.5 Å². The Morgan fingerprint density at radius 1 is 0.909 bits per heavy atom. The van der Waals surface area contributed by atoms with E-state index in [1.807, 2.05) is 6.92 Å². The summed E-state index contributed by atoms with van der Waals surface area (Å²) in [5.74, 6) is 0. The van der Waals surface area contributed by atoms with Gasteiger partial charge in [0.1, 0.15) is 0 Å². The minimum Gasteiger partial charge on any atom is -0.369 e. The van der Waals surface area contributed by atoms with Gasteiger partial charge in [-0.15, -0.1) is 0 Å². The van der Waals surface area contributed by atoms with Crippen molar-refractivity contribution in [2.75, 3.05) is 31.1 Å². The first-order valence-corrected chi connectivity index (χ1v) is 8.09. The molecule has 1 atom stereocenters. The SMILES string of the molecule is CC(N)c1ccc(N2CCN(Cc3ccccc3)CC2)cc1. The van der Waals surface area contributed by atoms with Crippen LogP contribution in [0, 0.1) is 0 Å². The van der Waals surface area contributed by atoms with E-state index in [4.69, 9.17) is 5.73 Å². The summed E-state index contributed by atoms with van der Waals surface area (Å²) in [6, 6.07) is 19.5. The monoisotopic (exact) mass is 295 g/mol. The van der Waals surface area contributed by atoms with Crippen molar-refractivity contribution in [3.05, 3.63) is 65.7 Å². The highest BCUT2D eigenvalue weighted by atomic mass is 15.3. The van der Waals surface area contributed by atoms with Crippen LogP contribution in [-0.4, -0.2) is 31.1 Å². The number of anilines is 1. The van der Waals surface area contributed by atoms with Gasteiger partial charge in [-0.2, -0.15) is 0 Å². The molecule has 1 fully saturated rings. The van der Waals surface area contributed by atoms with E-state index < -0.39 is 0 Å². The first-order chi connectivity index (χ1) is 10.7. The van der Waals surface area contributed by atoms with E-state index in [0.29, 0.717) is 0 Å². The predicted octanol–water partition coefficient (Wildman–Crippen LogP) is 3.03. The molecule has 0 amide bonds. The van der Waals surface area contributed by atoms with Gasteiger partial charge < -0.3 is 10.6 Å². The minimum atomic E-state index is 0.108. The normalized spacial score (nSPS) is 17.5. The number of hydrogen-bond donors (Lipinski definition) is 1. The summed E-state index contributed by atoms with van der Waals surface area (Å²) in [5, 5.41) is 0. The molecule has 3 rings (SSSR count). The third kappa shape index (κ3) is 3.67. The molecule has 2 N–H and O–H groups in total. The molecular formula is C19H25N3. The van der Waals surface area contributed by atoms with Crippen molar-refractivity contribution < 1.29 is 0 Å². The summed E-state index contributed by atoms with van der Waals surface area (Å²) in [6.45, 7) is 7.48. The molecule has 0 saturated carbocycles. The quantitative estimate of drug-likeness (QED) is 0.941. The lowest BCUT2D eigenvalue weighted by Crippen LogP contribution is -2.45. The maximum Gasteiger partial charge on any atom is 0.0367 e. The van der Waals surface area contributed by atoms with Gasteiger partial charge in [-0.1, -0.05) is 42.5 Å². The van der Waals surface area contributed by atoms with E-state index in [-0.39, 0.29) is 6.04 Å². The van der Waals surface area contributed by atoms with E-state index in [1.54, 1.807) is 0 Å². The molecule has 3 nitrogen and oxygen atoms in total. The molecule has 116 valence electrons. The summed E-state index contributed by atoms with van der Waals surface area (Å²) in [7, 11) is 0. The molecule has 1 heterocycles. The Balaban J connectivity index is 1.55. The van der Waals surface area contributed by atoms with Crippen LogP contribution in [0.1, 0.15) is 24.1 Å². The van der Waals surface area contributed by atoms with E-state index in [2.05, 4.69) is 64.4 Å². The standard InChI is InChI=1S/C19H25N3/c1-16(20)18-7-9-19(10-8-18)22-13-11-21(12-14-22)15-17-5-3-2-4-6-17/h2-10,16H,11-15,20H2,1H3. The molecule has 0 radical (unpaired) electrons. The highest BCUT2D eigenvalue weighted by molar-refractivity contribution is 5.48. The van der Waals surface area contributed by atoms with E-state index >= 15 is 0 Å². The summed E-state index contributed by atoms with van der Waals surface area (Å²) in [4.78, 5) is 4.99. The highest BCUT2D eigenvalue weighted by Crippen LogP contribution is 2.20. The zero-order chi connectivity index (χ0) is 15.4. The van der Waals surface area contributed by atoms with Gasteiger partial charge in [-0.3, -0.25) is 4.90 Å². The van der Waals surface area contributed by atoms with E-state index in [1.165, 1.54) is 16.8 Å². The van der Waals surface area contributed by atoms with Gasteiger partial charge >= 0.3 is 0 Å². The summed E-state index contributed by atoms with van der Waals surface area (Å²) in [6.07, 6.45) is 0. The fourth-order valence-corrected chi connectivity index (χ4v) is 2.99. The van der Waals surface area contributed by atoms with Gasteiger partial charge in [0.05, 0.1) is 0 Å². The molecule has 0 spiro atoms. The van der Waals surface area contributed by atoms with Crippen LogP contribution in [0.3, 0.4) is 0 Å². The molecule has 0 aromatic heterocycles. The number of nitrogens with zero attached hydrogens (tertiary/aromatic N) is 2. The smallest absolute Gasteiger partial charge is 0.0367 e. The second-order valence-electron chi connectivity index (χ2n) is 6.13. The maximum atomic E-state index is 5.91. The molecule has 2 aromatic rings. The van der Waals surface area contributed by atoms with E-state index in [0.717, 1.165) is 32.7 Å². The Morgan fingerprint density at radius 2 is 1.55 bits per heavy atom. The fraction of sp³-hybridized carbons (Fsp3) is 0.368. The topological polar surface area (TPSA) is 32.5 Å². The van der Waals surface area contributed by atoms with Crippen LogP contribution in [0.25, 0.3) is 0 Å². The van der Waals surface area contributed by atoms with Gasteiger partial charge in [0.25, 0.3) is 0 Å². The summed E-state index contributed by atoms with van der Waals surface area (Å²) < 4.78 is 0. The first kappa shape index (κ1) is 15.1. The average molecular weight is 295 g/mol. The zero-order valence-corrected chi connectivity index (χ0v) is 13.3. The summed E-state index contributed by atoms with van der Waals surface area (Å²) >= 11 is 0. The van der Waals surface area contributed by atoms with Gasteiger partial charge in [-0.25, -0.2) is 0 Å². The predicted molar refractivity (Wildman–Crippen MR) is 93.0 cm³/mol. The second-order valence-corrected chi connectivity index (χ2v) is 6.13. The van der Waals surface area contributed by atoms with Crippen molar-refractivity contribution in [2.45, 2.75) is 19.5 Å². The molecule has 1 saturated heterocycles. The first-order valence-electron chi connectivity index (χ1n) is 8.09. The van der Waals surface area contributed by atoms with Crippen molar-refractivity contribution in [3.8, 4) is 0 Å². The van der Waals surface area contributed by atoms with Crippen molar-refractivity contribution >= 4 is 5.69 Å². The third-order valence-electron chi connectivity index (χ3n) is 4.41. The van der Waals surface area contributed by atoms with Gasteiger partial charge in [-0.05, 0) is 30.2 Å². The number of hydrogen-bond acceptors (Lipinski definition) is 3. The Morgan fingerprint density at radius 3 is 2.14 bits per heavy atom. The van der Waals surface area contributed by atoms with Crippen LogP contribution >= 0.6 is 0 Å². The molecule has 1 unspecified atom stereocenters. The Labute approximate surface area is 133 Å². The van der Waals surface area contributed by atoms with Gasteiger partial charge in [0.2, 0.25) is 0 Å². The molecule has 22 heavy (non-hydrogen) atoms. The molecular weight excluding hydrogens is 270 g/mol. The third-order valence-corrected chi connectivity index (χ3v) is 4.41. The lowest BCUT2D eigenvalue weighted by molar-refractivity contribution is 0.250. The van der Waals surface area contributed by atoms with Crippen molar-refractivity contribution in [3.63, 3.8) is 0 Å². The molecule has 1 aliphatic rings. The molecule has 3 heteroatoms. The lowest BCUT2D eigenvalue weighted by atomic mass is 10.1. The van der Waals surface area contributed by atoms with Crippen LogP contribution in [0.15, 0.2) is 54.6 Å². The van der Waals surface area contributed by atoms with Crippen LogP contribution in [0.5, 0.6) is 0 Å². The summed E-state index contributed by atoms with van der Waals surface area (Å²) in [5.41, 5.74) is 9.82. The second kappa shape index (κ2) is 6.95. The van der Waals surface area contributed by atoms with Crippen LogP contribution in [-0.2, 0) is 6.54 Å². The van der Waals surface area contributed by atoms with Crippen LogP contribution < -0.4 is 10.6 Å². The molecule has 2 aromatic carbocycles. The lowest BCUT2D eigenvalue weighted by Gasteiger charge is -2.36. The average Bonchev–Trinajstić information content (AvgIpc) is 2.57. The molecule has 1 aliphatic heterocycles. The fourth-order valence-electron chi connectivity index (χ4n) is 2.99. The minimum absolute atomic E-state index is 0.108. The Kier molecular flexibility index (Phi) is 4.76. The van der Waals surface area contributed by atoms with E-state index in [9.17, 15) is 0 Å². The van der Waals surface area contributed by atoms with Gasteiger partial charge in [0.15, 0.2) is 0 Å². The largest absolute Gasteiger partial charge is 0.369 e. The van der Waals surface area contributed by atoms with Crippen molar-refractivity contribution in [1.29, 1.82) is 0 Å². The molecule has 0 aliphatic carbocycles. The Hall–Kier alpha value is -1.84. The number of rotatable bonds is 4. The highest BCUT2D eigenvalue weighted by Gasteiger charge is 2.17. The van der Waals surface area contributed by atoms with Crippen molar-refractivity contribution in [1.82, 2.24) is 4.90 Å². The van der Waals surface area contributed by atoms with Crippen LogP contribution in [0.4, 0.5) is 5.69 Å². The number of piperazine rings is 1. The van der Waals surface area contributed by atoms with Crippen molar-refractivity contribution in [2.24, 2.45) is 5.73 Å². The number of nitrogens with two attached hydrogens (primary N) is 1. The number of benzene rings is 2. The molecule has 0 bridgehead atoms.